The highest BCUT2D eigenvalue weighted by molar-refractivity contribution is 8.00. The lowest BCUT2D eigenvalue weighted by atomic mass is 10.1. The van der Waals surface area contributed by atoms with Crippen LogP contribution in [-0.2, 0) is 9.59 Å². The van der Waals surface area contributed by atoms with Gasteiger partial charge >= 0.3 is 0 Å². The second kappa shape index (κ2) is 6.46. The highest BCUT2D eigenvalue weighted by atomic mass is 32.2. The van der Waals surface area contributed by atoms with E-state index in [1.54, 1.807) is 4.90 Å². The van der Waals surface area contributed by atoms with Crippen LogP contribution in [0.1, 0.15) is 11.1 Å². The second-order valence-corrected chi connectivity index (χ2v) is 6.55. The second-order valence-electron chi connectivity index (χ2n) is 5.53. The van der Waals surface area contributed by atoms with Crippen molar-refractivity contribution in [2.45, 2.75) is 18.7 Å². The van der Waals surface area contributed by atoms with E-state index in [-0.39, 0.29) is 18.4 Å². The summed E-state index contributed by atoms with van der Waals surface area (Å²) in [4.78, 5) is 27.2. The summed E-state index contributed by atoms with van der Waals surface area (Å²) in [5.41, 5.74) is 3.77. The van der Waals surface area contributed by atoms with Gasteiger partial charge in [-0.2, -0.15) is 0 Å². The summed E-state index contributed by atoms with van der Waals surface area (Å²) in [5.74, 6) is 0.145. The molecule has 2 aromatic rings. The number of hydrogen-bond donors (Lipinski definition) is 1. The summed E-state index contributed by atoms with van der Waals surface area (Å²) in [7, 11) is 0. The molecule has 118 valence electrons. The van der Waals surface area contributed by atoms with E-state index in [0.29, 0.717) is 5.75 Å². The molecule has 0 saturated heterocycles. The van der Waals surface area contributed by atoms with Gasteiger partial charge in [0, 0.05) is 10.6 Å². The zero-order valence-electron chi connectivity index (χ0n) is 13.1. The first-order valence-corrected chi connectivity index (χ1v) is 8.43. The van der Waals surface area contributed by atoms with Crippen LogP contribution < -0.4 is 10.2 Å². The lowest BCUT2D eigenvalue weighted by Crippen LogP contribution is -2.41. The first-order valence-electron chi connectivity index (χ1n) is 7.44. The maximum atomic E-state index is 12.4. The Morgan fingerprint density at radius 2 is 1.96 bits per heavy atom. The molecule has 0 saturated carbocycles. The number of fused-ring (bicyclic) bond motifs is 1. The first-order chi connectivity index (χ1) is 11.1. The molecule has 2 amide bonds. The molecular weight excluding hydrogens is 308 g/mol. The lowest BCUT2D eigenvalue weighted by Gasteiger charge is -2.28. The number of anilines is 2. The molecule has 0 aromatic heterocycles. The van der Waals surface area contributed by atoms with E-state index in [1.807, 2.05) is 56.3 Å². The van der Waals surface area contributed by atoms with E-state index in [4.69, 9.17) is 0 Å². The number of hydrogen-bond acceptors (Lipinski definition) is 3. The Morgan fingerprint density at radius 3 is 2.78 bits per heavy atom. The van der Waals surface area contributed by atoms with Gasteiger partial charge in [0.25, 0.3) is 0 Å². The minimum Gasteiger partial charge on any atom is -0.324 e. The summed E-state index contributed by atoms with van der Waals surface area (Å²) in [6.07, 6.45) is 0. The van der Waals surface area contributed by atoms with Crippen LogP contribution >= 0.6 is 11.8 Å². The van der Waals surface area contributed by atoms with Crippen LogP contribution in [-0.4, -0.2) is 24.1 Å². The number of nitrogens with zero attached hydrogens (tertiary/aromatic N) is 1. The Hall–Kier alpha value is -2.27. The molecule has 0 fully saturated rings. The average molecular weight is 326 g/mol. The molecule has 2 aromatic carbocycles. The number of thioether (sulfide) groups is 1. The van der Waals surface area contributed by atoms with Crippen molar-refractivity contribution in [3.8, 4) is 0 Å². The Kier molecular flexibility index (Phi) is 4.39. The topological polar surface area (TPSA) is 49.4 Å². The fraction of sp³-hybridized carbons (Fsp3) is 0.222. The van der Waals surface area contributed by atoms with Crippen molar-refractivity contribution in [2.75, 3.05) is 22.5 Å². The van der Waals surface area contributed by atoms with Gasteiger partial charge in [0.2, 0.25) is 11.8 Å². The quantitative estimate of drug-likeness (QED) is 0.941. The number of nitrogens with one attached hydrogen (secondary N) is 1. The summed E-state index contributed by atoms with van der Waals surface area (Å²) in [6, 6.07) is 13.5. The van der Waals surface area contributed by atoms with Crippen molar-refractivity contribution in [3.05, 3.63) is 53.6 Å². The van der Waals surface area contributed by atoms with Crippen LogP contribution in [0.5, 0.6) is 0 Å². The molecule has 1 N–H and O–H groups in total. The van der Waals surface area contributed by atoms with Crippen molar-refractivity contribution in [2.24, 2.45) is 0 Å². The van der Waals surface area contributed by atoms with Gasteiger partial charge in [0.05, 0.1) is 11.4 Å². The van der Waals surface area contributed by atoms with Crippen LogP contribution in [0.25, 0.3) is 0 Å². The van der Waals surface area contributed by atoms with Crippen LogP contribution in [0.3, 0.4) is 0 Å². The van der Waals surface area contributed by atoms with E-state index in [0.717, 1.165) is 27.4 Å². The molecule has 0 bridgehead atoms. The molecule has 0 unspecified atom stereocenters. The molecule has 1 aliphatic heterocycles. The van der Waals surface area contributed by atoms with Crippen molar-refractivity contribution < 1.29 is 9.59 Å². The third kappa shape index (κ3) is 3.24. The Morgan fingerprint density at radius 1 is 1.17 bits per heavy atom. The maximum Gasteiger partial charge on any atom is 0.244 e. The minimum absolute atomic E-state index is 0.0315. The smallest absolute Gasteiger partial charge is 0.244 e. The van der Waals surface area contributed by atoms with Gasteiger partial charge in [-0.3, -0.25) is 9.59 Å². The van der Waals surface area contributed by atoms with Crippen LogP contribution in [0.2, 0.25) is 0 Å². The Balaban J connectivity index is 1.78. The predicted molar refractivity (Wildman–Crippen MR) is 94.1 cm³/mol. The number of amides is 2. The molecule has 4 nitrogen and oxygen atoms in total. The van der Waals surface area contributed by atoms with Gasteiger partial charge in [0.15, 0.2) is 0 Å². The molecule has 5 heteroatoms. The predicted octanol–water partition coefficient (Wildman–Crippen LogP) is 3.38. The van der Waals surface area contributed by atoms with Crippen molar-refractivity contribution in [3.63, 3.8) is 0 Å². The SMILES string of the molecule is Cc1cccc(NC(=O)CN2C(=O)CSc3ccccc32)c1C. The number of rotatable bonds is 3. The molecule has 23 heavy (non-hydrogen) atoms. The monoisotopic (exact) mass is 326 g/mol. The molecular formula is C18H18N2O2S. The van der Waals surface area contributed by atoms with Gasteiger partial charge in [-0.05, 0) is 43.2 Å². The number of aryl methyl sites for hydroxylation is 1. The van der Waals surface area contributed by atoms with E-state index in [2.05, 4.69) is 5.32 Å². The first kappa shape index (κ1) is 15.6. The normalized spacial score (nSPS) is 13.7. The lowest BCUT2D eigenvalue weighted by molar-refractivity contribution is -0.120. The molecule has 0 aliphatic carbocycles. The molecule has 0 spiro atoms. The minimum atomic E-state index is -0.186. The van der Waals surface area contributed by atoms with Gasteiger partial charge in [-0.1, -0.05) is 24.3 Å². The maximum absolute atomic E-state index is 12.4. The van der Waals surface area contributed by atoms with E-state index < -0.39 is 0 Å². The van der Waals surface area contributed by atoms with E-state index in [1.165, 1.54) is 11.8 Å². The highest BCUT2D eigenvalue weighted by Gasteiger charge is 2.26. The van der Waals surface area contributed by atoms with Crippen molar-refractivity contribution in [1.29, 1.82) is 0 Å². The summed E-state index contributed by atoms with van der Waals surface area (Å²) < 4.78 is 0. The van der Waals surface area contributed by atoms with Crippen LogP contribution in [0.4, 0.5) is 11.4 Å². The number of benzene rings is 2. The zero-order valence-corrected chi connectivity index (χ0v) is 13.9. The number of para-hydroxylation sites is 1. The standard InChI is InChI=1S/C18H18N2O2S/c1-12-6-5-7-14(13(12)2)19-17(21)10-20-15-8-3-4-9-16(15)23-11-18(20)22/h3-9H,10-11H2,1-2H3,(H,19,21). The Labute approximate surface area is 139 Å². The number of carbonyl (C=O) groups is 2. The largest absolute Gasteiger partial charge is 0.324 e. The van der Waals surface area contributed by atoms with E-state index in [9.17, 15) is 9.59 Å². The summed E-state index contributed by atoms with van der Waals surface area (Å²) in [5, 5.41) is 2.91. The van der Waals surface area contributed by atoms with Gasteiger partial charge < -0.3 is 10.2 Å². The third-order valence-electron chi connectivity index (χ3n) is 3.99. The van der Waals surface area contributed by atoms with Gasteiger partial charge in [-0.15, -0.1) is 11.8 Å². The van der Waals surface area contributed by atoms with Crippen LogP contribution in [0, 0.1) is 13.8 Å². The summed E-state index contributed by atoms with van der Waals surface area (Å²) in [6.45, 7) is 4.01. The Bertz CT molecular complexity index is 773. The molecule has 1 heterocycles. The third-order valence-corrected chi connectivity index (χ3v) is 5.04. The van der Waals surface area contributed by atoms with E-state index >= 15 is 0 Å². The van der Waals surface area contributed by atoms with Crippen molar-refractivity contribution in [1.82, 2.24) is 0 Å². The molecule has 1 aliphatic rings. The molecule has 0 atom stereocenters. The van der Waals surface area contributed by atoms with Crippen LogP contribution in [0.15, 0.2) is 47.4 Å². The zero-order chi connectivity index (χ0) is 16.4. The molecule has 0 radical (unpaired) electrons. The number of carbonyl (C=O) groups excluding carboxylic acids is 2. The van der Waals surface area contributed by atoms with Gasteiger partial charge in [-0.25, -0.2) is 0 Å². The average Bonchev–Trinajstić information content (AvgIpc) is 2.54. The molecule has 3 rings (SSSR count). The van der Waals surface area contributed by atoms with Crippen molar-refractivity contribution >= 4 is 35.0 Å². The van der Waals surface area contributed by atoms with Gasteiger partial charge in [0.1, 0.15) is 6.54 Å². The summed E-state index contributed by atoms with van der Waals surface area (Å²) >= 11 is 1.51. The fourth-order valence-electron chi connectivity index (χ4n) is 2.55. The fourth-order valence-corrected chi connectivity index (χ4v) is 3.48. The highest BCUT2D eigenvalue weighted by Crippen LogP contribution is 2.34.